The van der Waals surface area contributed by atoms with Gasteiger partial charge in [-0.3, -0.25) is 0 Å². The van der Waals surface area contributed by atoms with Crippen LogP contribution in [0.1, 0.15) is 8.85 Å². The van der Waals surface area contributed by atoms with Crippen LogP contribution in [0, 0.1) is 0 Å². The van der Waals surface area contributed by atoms with Crippen molar-refractivity contribution >= 4 is 131 Å². The van der Waals surface area contributed by atoms with Crippen molar-refractivity contribution in [2.75, 3.05) is 10.2 Å². The molecule has 0 bridgehead atoms. The van der Waals surface area contributed by atoms with Crippen molar-refractivity contribution in [3.05, 3.63) is 453 Å². The predicted molar refractivity (Wildman–Crippen MR) is 507 cm³/mol. The van der Waals surface area contributed by atoms with Crippen LogP contribution in [0.2, 0.25) is 0 Å². The second-order valence-corrected chi connectivity index (χ2v) is 30.6. The molecule has 2 aromatic heterocycles. The Bertz CT molecular complexity index is 7490. The zero-order chi connectivity index (χ0) is 78.0. The molecular formula is C113H80BrKN2O2. The number of rotatable bonds is 13. The first-order valence-corrected chi connectivity index (χ1v) is 40.5. The summed E-state index contributed by atoms with van der Waals surface area (Å²) in [6.07, 6.45) is 0. The number of hydrogen-bond acceptors (Lipinski definition) is 4. The van der Waals surface area contributed by atoms with Crippen LogP contribution >= 0.6 is 15.9 Å². The second-order valence-electron chi connectivity index (χ2n) is 29.7. The molecule has 22 rings (SSSR count). The van der Waals surface area contributed by atoms with Gasteiger partial charge in [0.2, 0.25) is 0 Å². The van der Waals surface area contributed by atoms with Gasteiger partial charge in [-0.05, 0) is 241 Å². The van der Waals surface area contributed by atoms with Crippen molar-refractivity contribution in [2.45, 2.75) is 7.43 Å². The monoisotopic (exact) mass is 1610 g/mol. The number of furan rings is 2. The molecule has 4 nitrogen and oxygen atoms in total. The maximum atomic E-state index is 6.44. The fraction of sp³-hybridized carbons (Fsp3) is 0.00885. The van der Waals surface area contributed by atoms with Gasteiger partial charge >= 0.3 is 51.4 Å². The minimum atomic E-state index is 0. The second kappa shape index (κ2) is 34.5. The first-order chi connectivity index (χ1) is 57.9. The molecule has 0 aliphatic rings. The van der Waals surface area contributed by atoms with E-state index in [-0.39, 0.29) is 60.2 Å². The largest absolute Gasteiger partial charge is 1.00 e. The Kier molecular flexibility index (Phi) is 22.3. The van der Waals surface area contributed by atoms with Gasteiger partial charge in [-0.15, -0.1) is 0 Å². The first kappa shape index (κ1) is 77.0. The van der Waals surface area contributed by atoms with Crippen molar-refractivity contribution in [3.8, 4) is 89.0 Å². The number of para-hydroxylation sites is 2. The number of nitrogens with one attached hydrogen (secondary N) is 1. The molecule has 0 amide bonds. The molecule has 0 atom stereocenters. The third kappa shape index (κ3) is 16.0. The molecule has 562 valence electrons. The Morgan fingerprint density at radius 3 is 0.916 bits per heavy atom. The van der Waals surface area contributed by atoms with Crippen LogP contribution < -0.4 is 61.6 Å². The molecule has 22 aromatic rings. The molecular weight excluding hydrogens is 1540 g/mol. The predicted octanol–water partition coefficient (Wildman–Crippen LogP) is 30.5. The minimum Gasteiger partial charge on any atom is -1.00 e. The summed E-state index contributed by atoms with van der Waals surface area (Å²) in [5, 5.41) is 18.2. The third-order valence-corrected chi connectivity index (χ3v) is 22.9. The van der Waals surface area contributed by atoms with Crippen LogP contribution in [-0.2, 0) is 0 Å². The third-order valence-electron chi connectivity index (χ3n) is 22.4. The van der Waals surface area contributed by atoms with E-state index in [0.29, 0.717) is 0 Å². The molecule has 0 spiro atoms. The fourth-order valence-corrected chi connectivity index (χ4v) is 17.1. The van der Waals surface area contributed by atoms with Gasteiger partial charge in [0.15, 0.2) is 0 Å². The Balaban J connectivity index is 0.000000144. The SMILES string of the molecule is Brc1cccc(-c2cccc3ccccc23)c1.C.[H-].[K+].c1cc(-c2cccc(-c3cccc4ccccc34)c2)cc(-c2cccc(N(c3cccc(-c4cccc5ccccc45)c3)c3ccc4c(c3)oc3ccccc34)c2)c1.c1cc(Nc2ccc3c(c2)oc2ccccc23)cc(-c2cccc(-c3cccc(-c4cccc5ccccc45)c3)c2)c1. The van der Waals surface area contributed by atoms with Crippen molar-refractivity contribution in [2.24, 2.45) is 0 Å². The number of anilines is 5. The number of hydrogen-bond donors (Lipinski definition) is 1. The molecule has 119 heavy (non-hydrogen) atoms. The molecule has 0 fully saturated rings. The van der Waals surface area contributed by atoms with E-state index in [1.165, 1.54) is 115 Å². The summed E-state index contributed by atoms with van der Waals surface area (Å²) in [4.78, 5) is 2.35. The molecule has 1 N–H and O–H groups in total. The maximum Gasteiger partial charge on any atom is 1.00 e. The van der Waals surface area contributed by atoms with E-state index in [2.05, 4.69) is 445 Å². The molecule has 0 radical (unpaired) electrons. The van der Waals surface area contributed by atoms with Crippen LogP contribution in [0.25, 0.3) is 176 Å². The van der Waals surface area contributed by atoms with Crippen molar-refractivity contribution in [1.82, 2.24) is 0 Å². The summed E-state index contributed by atoms with van der Waals surface area (Å²) in [5.74, 6) is 0. The van der Waals surface area contributed by atoms with Crippen LogP contribution in [0.15, 0.2) is 462 Å². The quantitative estimate of drug-likeness (QED) is 0.117. The van der Waals surface area contributed by atoms with E-state index >= 15 is 0 Å². The summed E-state index contributed by atoms with van der Waals surface area (Å²) in [5.41, 5.74) is 28.0. The standard InChI is InChI=1S/C56H37NO.C40H27NO.C16H11Br.CH4.K.H/c1-3-25-49-38(13-1)15-11-28-51(49)44-21-8-19-42(34-44)40-17-7-18-41(33-40)43-20-9-23-46(35-43)57(48-31-32-54-53-27-5-6-30-55(53)58-56(54)37-48)47-24-10-22-45(36-47)52-29-12-16-39-14-2-4-26-50(39)52;1-2-17-35-27(9-1)10-8-19-36(35)32-15-6-13-30(24-32)28-11-5-12-29(23-28)31-14-7-16-33(25-31)41-34-21-22-38-37-18-3-4-20-39(37)42-40(38)26-34;17-14-8-3-7-13(11-14)16-10-4-6-12-5-1-2-9-15(12)16;;;/h1-37H;1-26,41H;1-11H;1H4;;/q;;;;+1;-1. The Hall–Kier alpha value is -13.2. The van der Waals surface area contributed by atoms with Gasteiger partial charge in [0.05, 0.1) is 0 Å². The van der Waals surface area contributed by atoms with Gasteiger partial charge in [0.1, 0.15) is 22.3 Å². The number of benzene rings is 20. The van der Waals surface area contributed by atoms with Crippen LogP contribution in [0.4, 0.5) is 28.4 Å². The van der Waals surface area contributed by atoms with Crippen LogP contribution in [-0.4, -0.2) is 0 Å². The van der Waals surface area contributed by atoms with Gasteiger partial charge < -0.3 is 20.5 Å². The van der Waals surface area contributed by atoms with Crippen LogP contribution in [0.5, 0.6) is 0 Å². The molecule has 2 heterocycles. The van der Waals surface area contributed by atoms with E-state index in [1.54, 1.807) is 0 Å². The smallest absolute Gasteiger partial charge is 1.00 e. The number of nitrogens with zero attached hydrogens (tertiary/aromatic N) is 1. The number of fused-ring (bicyclic) bond motifs is 10. The van der Waals surface area contributed by atoms with Gasteiger partial charge in [-0.1, -0.05) is 351 Å². The summed E-state index contributed by atoms with van der Waals surface area (Å²) < 4.78 is 13.6. The zero-order valence-corrected chi connectivity index (χ0v) is 69.6. The molecule has 6 heteroatoms. The van der Waals surface area contributed by atoms with E-state index in [4.69, 9.17) is 8.83 Å². The normalized spacial score (nSPS) is 11.1. The average Bonchev–Trinajstić information content (AvgIpc) is 1.45. The first-order valence-electron chi connectivity index (χ1n) is 39.7. The molecule has 20 aromatic carbocycles. The molecule has 0 saturated heterocycles. The summed E-state index contributed by atoms with van der Waals surface area (Å²) in [7, 11) is 0. The Labute approximate surface area is 745 Å². The molecule has 0 aliphatic heterocycles. The molecule has 0 aliphatic carbocycles. The zero-order valence-electron chi connectivity index (χ0n) is 65.9. The molecule has 0 unspecified atom stereocenters. The van der Waals surface area contributed by atoms with E-state index in [9.17, 15) is 0 Å². The van der Waals surface area contributed by atoms with Crippen molar-refractivity contribution in [1.29, 1.82) is 0 Å². The van der Waals surface area contributed by atoms with Crippen molar-refractivity contribution in [3.63, 3.8) is 0 Å². The Morgan fingerprint density at radius 2 is 0.479 bits per heavy atom. The average molecular weight is 1620 g/mol. The van der Waals surface area contributed by atoms with Gasteiger partial charge in [-0.25, -0.2) is 0 Å². The maximum absolute atomic E-state index is 6.44. The summed E-state index contributed by atoms with van der Waals surface area (Å²) >= 11 is 3.52. The van der Waals surface area contributed by atoms with E-state index < -0.39 is 0 Å². The van der Waals surface area contributed by atoms with E-state index in [1.807, 2.05) is 30.3 Å². The fourth-order valence-electron chi connectivity index (χ4n) is 16.7. The van der Waals surface area contributed by atoms with E-state index in [0.717, 1.165) is 93.5 Å². The Morgan fingerprint density at radius 1 is 0.202 bits per heavy atom. The summed E-state index contributed by atoms with van der Waals surface area (Å²) in [6, 6.07) is 160. The van der Waals surface area contributed by atoms with Gasteiger partial charge in [0, 0.05) is 66.6 Å². The topological polar surface area (TPSA) is 41.6 Å². The van der Waals surface area contributed by atoms with Crippen molar-refractivity contribution < 1.29 is 61.6 Å². The number of halogens is 1. The van der Waals surface area contributed by atoms with Gasteiger partial charge in [0.25, 0.3) is 0 Å². The van der Waals surface area contributed by atoms with Gasteiger partial charge in [-0.2, -0.15) is 0 Å². The molecule has 0 saturated carbocycles. The summed E-state index contributed by atoms with van der Waals surface area (Å²) in [6.45, 7) is 0. The van der Waals surface area contributed by atoms with Crippen LogP contribution in [0.3, 0.4) is 0 Å². The minimum absolute atomic E-state index is 0.